The zero-order valence-electron chi connectivity index (χ0n) is 21.0. The molecule has 184 valence electrons. The fourth-order valence-electron chi connectivity index (χ4n) is 5.29. The highest BCUT2D eigenvalue weighted by atomic mass is 16.5. The number of piperidine rings is 1. The van der Waals surface area contributed by atoms with Crippen LogP contribution in [0, 0.1) is 5.92 Å². The maximum absolute atomic E-state index is 12.9. The van der Waals surface area contributed by atoms with Gasteiger partial charge in [-0.25, -0.2) is 0 Å². The van der Waals surface area contributed by atoms with Crippen LogP contribution in [0.4, 0.5) is 0 Å². The lowest BCUT2D eigenvalue weighted by Gasteiger charge is -2.29. The van der Waals surface area contributed by atoms with Crippen molar-refractivity contribution in [3.05, 3.63) is 64.7 Å². The van der Waals surface area contributed by atoms with Crippen molar-refractivity contribution < 1.29 is 9.53 Å². The summed E-state index contributed by atoms with van der Waals surface area (Å²) < 4.78 is 6.19. The highest BCUT2D eigenvalue weighted by Crippen LogP contribution is 2.25. The molecule has 2 bridgehead atoms. The van der Waals surface area contributed by atoms with Crippen molar-refractivity contribution in [3.63, 3.8) is 0 Å². The number of hydrogen-bond donors (Lipinski definition) is 1. The van der Waals surface area contributed by atoms with Crippen LogP contribution in [0.3, 0.4) is 0 Å². The molecular formula is C29H41N3O2. The van der Waals surface area contributed by atoms with Crippen LogP contribution in [0.25, 0.3) is 0 Å². The van der Waals surface area contributed by atoms with E-state index >= 15 is 0 Å². The first-order valence-electron chi connectivity index (χ1n) is 13.1. The van der Waals surface area contributed by atoms with E-state index in [1.165, 1.54) is 36.9 Å². The monoisotopic (exact) mass is 463 g/mol. The van der Waals surface area contributed by atoms with Gasteiger partial charge in [-0.05, 0) is 107 Å². The molecule has 2 heterocycles. The zero-order valence-corrected chi connectivity index (χ0v) is 21.0. The number of fused-ring (bicyclic) bond motifs is 3. The predicted molar refractivity (Wildman–Crippen MR) is 139 cm³/mol. The van der Waals surface area contributed by atoms with Crippen LogP contribution in [-0.4, -0.2) is 62.6 Å². The van der Waals surface area contributed by atoms with Crippen molar-refractivity contribution in [2.24, 2.45) is 5.92 Å². The van der Waals surface area contributed by atoms with E-state index in [9.17, 15) is 4.79 Å². The molecule has 0 spiro atoms. The Morgan fingerprint density at radius 2 is 1.85 bits per heavy atom. The molecule has 34 heavy (non-hydrogen) atoms. The Labute approximate surface area is 205 Å². The molecule has 1 amide bonds. The maximum Gasteiger partial charge on any atom is 0.251 e. The number of nitrogens with one attached hydrogen (secondary N) is 1. The van der Waals surface area contributed by atoms with Gasteiger partial charge >= 0.3 is 0 Å². The normalized spacial score (nSPS) is 20.6. The summed E-state index contributed by atoms with van der Waals surface area (Å²) in [4.78, 5) is 17.7. The molecular weight excluding hydrogens is 422 g/mol. The second kappa shape index (κ2) is 12.4. The minimum Gasteiger partial charge on any atom is -0.493 e. The predicted octanol–water partition coefficient (Wildman–Crippen LogP) is 4.73. The molecule has 1 atom stereocenters. The second-order valence-electron chi connectivity index (χ2n) is 10.3. The van der Waals surface area contributed by atoms with Gasteiger partial charge in [0.2, 0.25) is 0 Å². The highest BCUT2D eigenvalue weighted by Gasteiger charge is 2.18. The van der Waals surface area contributed by atoms with Crippen LogP contribution in [0.15, 0.2) is 42.5 Å². The number of carbonyl (C=O) groups is 1. The van der Waals surface area contributed by atoms with Crippen molar-refractivity contribution in [2.45, 2.75) is 51.5 Å². The van der Waals surface area contributed by atoms with Crippen LogP contribution in [-0.2, 0) is 13.0 Å². The number of benzene rings is 2. The highest BCUT2D eigenvalue weighted by molar-refractivity contribution is 5.94. The fraction of sp³-hybridized carbons (Fsp3) is 0.552. The summed E-state index contributed by atoms with van der Waals surface area (Å²) in [5, 5.41) is 3.16. The number of amides is 1. The molecule has 0 radical (unpaired) electrons. The van der Waals surface area contributed by atoms with Gasteiger partial charge in [-0.3, -0.25) is 4.79 Å². The molecule has 1 fully saturated rings. The lowest BCUT2D eigenvalue weighted by atomic mass is 9.95. The molecule has 0 aromatic heterocycles. The largest absolute Gasteiger partial charge is 0.493 e. The molecule has 2 aromatic carbocycles. The molecule has 2 aliphatic rings. The Hall–Kier alpha value is -2.37. The Morgan fingerprint density at radius 3 is 2.74 bits per heavy atom. The fourth-order valence-corrected chi connectivity index (χ4v) is 5.29. The van der Waals surface area contributed by atoms with Crippen molar-refractivity contribution in [1.82, 2.24) is 15.1 Å². The molecule has 2 aromatic rings. The third kappa shape index (κ3) is 7.31. The smallest absolute Gasteiger partial charge is 0.251 e. The number of rotatable bonds is 4. The zero-order chi connectivity index (χ0) is 23.8. The van der Waals surface area contributed by atoms with E-state index < -0.39 is 0 Å². The van der Waals surface area contributed by atoms with E-state index in [1.54, 1.807) is 0 Å². The minimum atomic E-state index is 0.0155. The van der Waals surface area contributed by atoms with Gasteiger partial charge < -0.3 is 19.9 Å². The average molecular weight is 464 g/mol. The van der Waals surface area contributed by atoms with Crippen LogP contribution >= 0.6 is 0 Å². The number of ether oxygens (including phenoxy) is 1. The van der Waals surface area contributed by atoms with Crippen LogP contribution in [0.5, 0.6) is 5.75 Å². The Morgan fingerprint density at radius 1 is 1.00 bits per heavy atom. The van der Waals surface area contributed by atoms with Gasteiger partial charge in [0, 0.05) is 31.6 Å². The minimum absolute atomic E-state index is 0.0155. The summed E-state index contributed by atoms with van der Waals surface area (Å²) in [6, 6.07) is 14.7. The van der Waals surface area contributed by atoms with Crippen LogP contribution in [0.2, 0.25) is 0 Å². The van der Waals surface area contributed by atoms with E-state index in [1.807, 2.05) is 18.2 Å². The Bertz CT molecular complexity index is 945. The van der Waals surface area contributed by atoms with Crippen molar-refractivity contribution in [3.8, 4) is 5.75 Å². The Balaban J connectivity index is 1.45. The van der Waals surface area contributed by atoms with Crippen LogP contribution < -0.4 is 10.1 Å². The lowest BCUT2D eigenvalue weighted by Crippen LogP contribution is -2.34. The van der Waals surface area contributed by atoms with E-state index in [2.05, 4.69) is 53.5 Å². The molecule has 2 aliphatic heterocycles. The van der Waals surface area contributed by atoms with E-state index in [0.717, 1.165) is 75.3 Å². The first kappa shape index (κ1) is 24.7. The van der Waals surface area contributed by atoms with Gasteiger partial charge in [-0.2, -0.15) is 0 Å². The van der Waals surface area contributed by atoms with Gasteiger partial charge in [-0.15, -0.1) is 0 Å². The third-order valence-electron chi connectivity index (χ3n) is 7.16. The second-order valence-corrected chi connectivity index (χ2v) is 10.3. The first-order valence-corrected chi connectivity index (χ1v) is 13.1. The topological polar surface area (TPSA) is 44.8 Å². The number of likely N-dealkylation sites (tertiary alicyclic amines) is 1. The lowest BCUT2D eigenvalue weighted by molar-refractivity contribution is 0.0948. The summed E-state index contributed by atoms with van der Waals surface area (Å²) in [7, 11) is 4.39. The summed E-state index contributed by atoms with van der Waals surface area (Å²) in [5.41, 5.74) is 4.40. The van der Waals surface area contributed by atoms with Gasteiger partial charge in [0.15, 0.2) is 0 Å². The summed E-state index contributed by atoms with van der Waals surface area (Å²) in [6.07, 6.45) is 7.74. The van der Waals surface area contributed by atoms with Gasteiger partial charge in [0.05, 0.1) is 6.61 Å². The number of nitrogens with zero attached hydrogens (tertiary/aromatic N) is 2. The Kier molecular flexibility index (Phi) is 9.00. The first-order chi connectivity index (χ1) is 16.6. The molecule has 1 saturated heterocycles. The molecule has 0 saturated carbocycles. The molecule has 0 aliphatic carbocycles. The quantitative estimate of drug-likeness (QED) is 0.712. The SMILES string of the molecule is CN1CCCCCOc2ccc(C(=O)NCCC3CCCN(C)C3)cc2Cc2cccc(c2)C1. The van der Waals surface area contributed by atoms with E-state index in [4.69, 9.17) is 4.74 Å². The van der Waals surface area contributed by atoms with Gasteiger partial charge in [-0.1, -0.05) is 24.3 Å². The number of carbonyl (C=O) groups excluding carboxylic acids is 1. The number of hydrogen-bond acceptors (Lipinski definition) is 4. The molecule has 5 heteroatoms. The average Bonchev–Trinajstić information content (AvgIpc) is 2.82. The molecule has 1 unspecified atom stereocenters. The molecule has 5 nitrogen and oxygen atoms in total. The van der Waals surface area contributed by atoms with Crippen molar-refractivity contribution in [2.75, 3.05) is 46.9 Å². The van der Waals surface area contributed by atoms with Gasteiger partial charge in [0.25, 0.3) is 5.91 Å². The van der Waals surface area contributed by atoms with Crippen molar-refractivity contribution >= 4 is 5.91 Å². The standard InChI is InChI=1S/C29H41N3O2/c1-31-15-4-3-5-17-34-28-12-11-26(20-27(28)19-24-8-6-9-25(18-24)22-31)29(33)30-14-13-23-10-7-16-32(2)21-23/h6,8-9,11-12,18,20,23H,3-5,7,10,13-17,19,21-22H2,1-2H3,(H,30,33). The van der Waals surface area contributed by atoms with Crippen LogP contribution in [0.1, 0.15) is 65.6 Å². The molecule has 1 N–H and O–H groups in total. The summed E-state index contributed by atoms with van der Waals surface area (Å²) >= 11 is 0. The van der Waals surface area contributed by atoms with Gasteiger partial charge in [0.1, 0.15) is 5.75 Å². The summed E-state index contributed by atoms with van der Waals surface area (Å²) in [6.45, 7) is 5.87. The van der Waals surface area contributed by atoms with Crippen molar-refractivity contribution in [1.29, 1.82) is 0 Å². The van der Waals surface area contributed by atoms with E-state index in [-0.39, 0.29) is 5.91 Å². The summed E-state index contributed by atoms with van der Waals surface area (Å²) in [5.74, 6) is 1.60. The third-order valence-corrected chi connectivity index (χ3v) is 7.16. The molecule has 4 rings (SSSR count). The maximum atomic E-state index is 12.9. The van der Waals surface area contributed by atoms with E-state index in [0.29, 0.717) is 5.92 Å².